The number of halogens is 2. The van der Waals surface area contributed by atoms with E-state index in [1.807, 2.05) is 38.1 Å². The second-order valence-corrected chi connectivity index (χ2v) is 10.1. The van der Waals surface area contributed by atoms with E-state index in [2.05, 4.69) is 51.2 Å². The van der Waals surface area contributed by atoms with Crippen molar-refractivity contribution >= 4 is 50.3 Å². The number of hydrogen-bond acceptors (Lipinski definition) is 7. The van der Waals surface area contributed by atoms with Gasteiger partial charge in [-0.2, -0.15) is 5.10 Å². The molecular formula is C22H28BrClN8O. The third-order valence-electron chi connectivity index (χ3n) is 5.78. The molecule has 176 valence electrons. The molecule has 1 amide bonds. The average molecular weight is 536 g/mol. The largest absolute Gasteiger partial charge is 0.354 e. The van der Waals surface area contributed by atoms with Crippen LogP contribution in [0.3, 0.4) is 0 Å². The number of piperazine rings is 1. The minimum atomic E-state index is -0.406. The third-order valence-corrected chi connectivity index (χ3v) is 6.60. The molecule has 0 aliphatic carbocycles. The molecule has 0 spiro atoms. The maximum absolute atomic E-state index is 13.3. The van der Waals surface area contributed by atoms with Crippen molar-refractivity contribution in [2.75, 3.05) is 37.6 Å². The number of benzene rings is 1. The van der Waals surface area contributed by atoms with Gasteiger partial charge in [0.2, 0.25) is 5.91 Å². The summed E-state index contributed by atoms with van der Waals surface area (Å²) in [7, 11) is 0. The maximum Gasteiger partial charge on any atom is 0.241 e. The van der Waals surface area contributed by atoms with Gasteiger partial charge in [0.25, 0.3) is 0 Å². The normalized spacial score (nSPS) is 16.2. The summed E-state index contributed by atoms with van der Waals surface area (Å²) in [5.74, 6) is 0.801. The first-order chi connectivity index (χ1) is 15.7. The fourth-order valence-electron chi connectivity index (χ4n) is 4.02. The van der Waals surface area contributed by atoms with E-state index in [-0.39, 0.29) is 11.4 Å². The summed E-state index contributed by atoms with van der Waals surface area (Å²) in [6.07, 6.45) is 2.24. The SMILES string of the molecule is CC(C)(N)CCNC(=O)C(c1ccc(Cl)cc1)N1CCN(c2ncnc3[nH]nc(Br)c23)CC1. The first-order valence-electron chi connectivity index (χ1n) is 10.9. The number of carbonyl (C=O) groups is 1. The van der Waals surface area contributed by atoms with Crippen LogP contribution in [0.2, 0.25) is 5.02 Å². The zero-order valence-electron chi connectivity index (χ0n) is 18.7. The molecule has 1 unspecified atom stereocenters. The highest BCUT2D eigenvalue weighted by molar-refractivity contribution is 9.10. The lowest BCUT2D eigenvalue weighted by Gasteiger charge is -2.39. The predicted octanol–water partition coefficient (Wildman–Crippen LogP) is 2.88. The van der Waals surface area contributed by atoms with Crippen LogP contribution in [-0.2, 0) is 4.79 Å². The molecule has 2 aromatic heterocycles. The Morgan fingerprint density at radius 1 is 1.24 bits per heavy atom. The first-order valence-corrected chi connectivity index (χ1v) is 12.1. The summed E-state index contributed by atoms with van der Waals surface area (Å²) in [5, 5.41) is 11.7. The minimum absolute atomic E-state index is 0.0305. The molecule has 1 aliphatic rings. The van der Waals surface area contributed by atoms with E-state index >= 15 is 0 Å². The summed E-state index contributed by atoms with van der Waals surface area (Å²) in [6, 6.07) is 7.08. The van der Waals surface area contributed by atoms with E-state index in [0.717, 1.165) is 29.9 Å². The molecule has 11 heteroatoms. The number of fused-ring (bicyclic) bond motifs is 1. The standard InChI is InChI=1S/C22H28BrClN8O/c1-22(2,25)7-8-26-21(33)17(14-3-5-15(24)6-4-14)31-9-11-32(12-10-31)20-16-18(23)29-30-19(16)27-13-28-20/h3-6,13,17H,7-12,25H2,1-2H3,(H,26,33)(H,27,28,29,30). The highest BCUT2D eigenvalue weighted by Gasteiger charge is 2.31. The van der Waals surface area contributed by atoms with Crippen molar-refractivity contribution in [2.24, 2.45) is 5.73 Å². The van der Waals surface area contributed by atoms with Crippen LogP contribution in [0.1, 0.15) is 31.9 Å². The number of H-pyrrole nitrogens is 1. The Kier molecular flexibility index (Phi) is 7.18. The Bertz CT molecular complexity index is 1110. The number of anilines is 1. The van der Waals surface area contributed by atoms with Crippen molar-refractivity contribution in [1.29, 1.82) is 0 Å². The maximum atomic E-state index is 13.3. The molecule has 3 heterocycles. The smallest absolute Gasteiger partial charge is 0.241 e. The number of carbonyl (C=O) groups excluding carboxylic acids is 1. The summed E-state index contributed by atoms with van der Waals surface area (Å²) in [4.78, 5) is 26.4. The van der Waals surface area contributed by atoms with Crippen molar-refractivity contribution in [3.63, 3.8) is 0 Å². The van der Waals surface area contributed by atoms with Crippen LogP contribution in [0.25, 0.3) is 11.0 Å². The first kappa shape index (κ1) is 23.9. The zero-order valence-corrected chi connectivity index (χ0v) is 21.0. The average Bonchev–Trinajstić information content (AvgIpc) is 3.16. The van der Waals surface area contributed by atoms with Gasteiger partial charge in [-0.25, -0.2) is 9.97 Å². The second kappa shape index (κ2) is 9.92. The predicted molar refractivity (Wildman–Crippen MR) is 133 cm³/mol. The topological polar surface area (TPSA) is 116 Å². The highest BCUT2D eigenvalue weighted by Crippen LogP contribution is 2.30. The van der Waals surface area contributed by atoms with Gasteiger partial charge >= 0.3 is 0 Å². The number of hydrogen-bond donors (Lipinski definition) is 3. The van der Waals surface area contributed by atoms with Crippen LogP contribution in [0.5, 0.6) is 0 Å². The molecule has 1 fully saturated rings. The van der Waals surface area contributed by atoms with Crippen LogP contribution in [0.15, 0.2) is 35.2 Å². The highest BCUT2D eigenvalue weighted by atomic mass is 79.9. The van der Waals surface area contributed by atoms with Crippen molar-refractivity contribution < 1.29 is 4.79 Å². The molecule has 1 aromatic carbocycles. The lowest BCUT2D eigenvalue weighted by atomic mass is 10.0. The Hall–Kier alpha value is -2.27. The molecule has 4 N–H and O–H groups in total. The Balaban J connectivity index is 1.50. The van der Waals surface area contributed by atoms with Gasteiger partial charge in [-0.05, 0) is 53.9 Å². The Morgan fingerprint density at radius 3 is 2.61 bits per heavy atom. The van der Waals surface area contributed by atoms with E-state index in [1.165, 1.54) is 6.33 Å². The second-order valence-electron chi connectivity index (χ2n) is 8.94. The molecule has 4 rings (SSSR count). The number of rotatable bonds is 7. The molecule has 1 aliphatic heterocycles. The molecule has 1 atom stereocenters. The molecular weight excluding hydrogens is 508 g/mol. The number of amides is 1. The van der Waals surface area contributed by atoms with E-state index in [0.29, 0.717) is 41.3 Å². The zero-order chi connectivity index (χ0) is 23.6. The van der Waals surface area contributed by atoms with Crippen LogP contribution in [0.4, 0.5) is 5.82 Å². The van der Waals surface area contributed by atoms with Crippen molar-refractivity contribution in [1.82, 2.24) is 30.4 Å². The fourth-order valence-corrected chi connectivity index (χ4v) is 4.60. The van der Waals surface area contributed by atoms with Crippen LogP contribution in [0, 0.1) is 0 Å². The van der Waals surface area contributed by atoms with Crippen molar-refractivity contribution in [2.45, 2.75) is 31.8 Å². The molecule has 33 heavy (non-hydrogen) atoms. The minimum Gasteiger partial charge on any atom is -0.354 e. The van der Waals surface area contributed by atoms with E-state index in [9.17, 15) is 4.79 Å². The van der Waals surface area contributed by atoms with Gasteiger partial charge in [-0.15, -0.1) is 0 Å². The van der Waals surface area contributed by atoms with E-state index in [1.54, 1.807) is 0 Å². The third kappa shape index (κ3) is 5.63. The Morgan fingerprint density at radius 2 is 1.94 bits per heavy atom. The van der Waals surface area contributed by atoms with Gasteiger partial charge in [0.1, 0.15) is 22.8 Å². The number of aromatic nitrogens is 4. The number of nitrogens with one attached hydrogen (secondary N) is 2. The number of aromatic amines is 1. The monoisotopic (exact) mass is 534 g/mol. The molecule has 3 aromatic rings. The van der Waals surface area contributed by atoms with Gasteiger partial charge in [0.05, 0.1) is 5.39 Å². The molecule has 1 saturated heterocycles. The lowest BCUT2D eigenvalue weighted by Crippen LogP contribution is -2.51. The number of nitrogens with two attached hydrogens (primary N) is 1. The number of nitrogens with zero attached hydrogens (tertiary/aromatic N) is 5. The Labute approximate surface area is 206 Å². The molecule has 0 bridgehead atoms. The van der Waals surface area contributed by atoms with E-state index in [4.69, 9.17) is 17.3 Å². The van der Waals surface area contributed by atoms with Crippen LogP contribution in [-0.4, -0.2) is 69.2 Å². The van der Waals surface area contributed by atoms with Gasteiger partial charge in [0.15, 0.2) is 5.65 Å². The fraction of sp³-hybridized carbons (Fsp3) is 0.455. The van der Waals surface area contributed by atoms with E-state index < -0.39 is 6.04 Å². The van der Waals surface area contributed by atoms with Crippen LogP contribution >= 0.6 is 27.5 Å². The quantitative estimate of drug-likeness (QED) is 0.426. The summed E-state index contributed by atoms with van der Waals surface area (Å²) in [6.45, 7) is 7.27. The van der Waals surface area contributed by atoms with Gasteiger partial charge in [-0.1, -0.05) is 23.7 Å². The van der Waals surface area contributed by atoms with Crippen molar-refractivity contribution in [3.8, 4) is 0 Å². The molecule has 0 saturated carbocycles. The van der Waals surface area contributed by atoms with Crippen LogP contribution < -0.4 is 16.0 Å². The molecule has 0 radical (unpaired) electrons. The molecule has 9 nitrogen and oxygen atoms in total. The summed E-state index contributed by atoms with van der Waals surface area (Å²) >= 11 is 9.58. The summed E-state index contributed by atoms with van der Waals surface area (Å²) < 4.78 is 0.691. The van der Waals surface area contributed by atoms with Gasteiger partial charge < -0.3 is 16.0 Å². The summed E-state index contributed by atoms with van der Waals surface area (Å²) in [5.41, 5.74) is 7.35. The lowest BCUT2D eigenvalue weighted by molar-refractivity contribution is -0.126. The van der Waals surface area contributed by atoms with Gasteiger partial charge in [-0.3, -0.25) is 14.8 Å². The van der Waals surface area contributed by atoms with Crippen molar-refractivity contribution in [3.05, 3.63) is 45.8 Å². The van der Waals surface area contributed by atoms with Gasteiger partial charge in [0, 0.05) is 43.3 Å².